The third-order valence-electron chi connectivity index (χ3n) is 11.6. The summed E-state index contributed by atoms with van der Waals surface area (Å²) in [6, 6.07) is 46.8. The second-order valence-electron chi connectivity index (χ2n) is 15.3. The van der Waals surface area contributed by atoms with Crippen molar-refractivity contribution in [2.45, 2.75) is 70.6 Å². The molecule has 1 unspecified atom stereocenters. The van der Waals surface area contributed by atoms with Crippen LogP contribution in [0.1, 0.15) is 72.6 Å². The van der Waals surface area contributed by atoms with Gasteiger partial charge in [0.1, 0.15) is 23.8 Å². The molecule has 3 heterocycles. The van der Waals surface area contributed by atoms with Crippen LogP contribution in [0.4, 0.5) is 0 Å². The monoisotopic (exact) mass is 827 g/mol. The summed E-state index contributed by atoms with van der Waals surface area (Å²) in [6.45, 7) is 4.59. The fourth-order valence-corrected chi connectivity index (χ4v) is 8.64. The zero-order valence-corrected chi connectivity index (χ0v) is 35.2. The standard InChI is InChI=1S/C50H49N7O5/c1-4-6-26-45-51-42-31-43(49(60)61-3)56(46(58)32-47(59)62-5-2)34-44(42)55(45)33-35-27-29-36(30-28-35)40-24-16-17-25-41(40)48-52-53-54-57(48)50(37-18-10-7-11-19-37,38-20-12-8-13-21-38)39-22-14-9-15-23-39/h7-25,27-30,43H,4-6,26,31-34H2,1-3H3. The number of hydrogen-bond acceptors (Lipinski definition) is 9. The first-order chi connectivity index (χ1) is 30.4. The highest BCUT2D eigenvalue weighted by Gasteiger charge is 2.42. The van der Waals surface area contributed by atoms with E-state index in [0.717, 1.165) is 75.4 Å². The maximum absolute atomic E-state index is 13.5. The number of aryl methyl sites for hydroxylation is 1. The number of tetrazole rings is 1. The van der Waals surface area contributed by atoms with Crippen LogP contribution in [-0.4, -0.2) is 72.3 Å². The number of benzene rings is 5. The molecule has 314 valence electrons. The van der Waals surface area contributed by atoms with E-state index in [1.54, 1.807) is 6.92 Å². The number of unbranched alkanes of at least 4 members (excludes halogenated alkanes) is 1. The van der Waals surface area contributed by atoms with Gasteiger partial charge in [-0.15, -0.1) is 5.10 Å². The quantitative estimate of drug-likeness (QED) is 0.0577. The number of nitrogens with zero attached hydrogens (tertiary/aromatic N) is 7. The number of aromatic nitrogens is 6. The van der Waals surface area contributed by atoms with Gasteiger partial charge in [-0.3, -0.25) is 9.59 Å². The summed E-state index contributed by atoms with van der Waals surface area (Å²) in [5.41, 5.74) is 7.58. The third kappa shape index (κ3) is 8.03. The number of rotatable bonds is 15. The molecule has 62 heavy (non-hydrogen) atoms. The van der Waals surface area contributed by atoms with Gasteiger partial charge in [-0.25, -0.2) is 14.5 Å². The van der Waals surface area contributed by atoms with Gasteiger partial charge >= 0.3 is 11.9 Å². The normalized spacial score (nSPS) is 13.7. The molecule has 7 aromatic rings. The van der Waals surface area contributed by atoms with E-state index in [1.165, 1.54) is 12.0 Å². The van der Waals surface area contributed by atoms with Crippen molar-refractivity contribution in [2.75, 3.05) is 13.7 Å². The second kappa shape index (κ2) is 18.6. The van der Waals surface area contributed by atoms with Gasteiger partial charge in [0.05, 0.1) is 31.6 Å². The summed E-state index contributed by atoms with van der Waals surface area (Å²) in [5.74, 6) is -0.173. The molecule has 0 saturated carbocycles. The summed E-state index contributed by atoms with van der Waals surface area (Å²) in [4.78, 5) is 45.3. The Labute approximate surface area is 361 Å². The fourth-order valence-electron chi connectivity index (χ4n) is 8.64. The van der Waals surface area contributed by atoms with Gasteiger partial charge in [0.25, 0.3) is 0 Å². The zero-order valence-electron chi connectivity index (χ0n) is 35.2. The average Bonchev–Trinajstić information content (AvgIpc) is 3.94. The molecule has 0 saturated heterocycles. The van der Waals surface area contributed by atoms with Crippen LogP contribution in [0, 0.1) is 0 Å². The summed E-state index contributed by atoms with van der Waals surface area (Å²) >= 11 is 0. The molecule has 0 spiro atoms. The van der Waals surface area contributed by atoms with E-state index < -0.39 is 35.8 Å². The van der Waals surface area contributed by atoms with E-state index in [-0.39, 0.29) is 19.6 Å². The van der Waals surface area contributed by atoms with E-state index in [9.17, 15) is 14.4 Å². The molecule has 8 rings (SSSR count). The summed E-state index contributed by atoms with van der Waals surface area (Å²) < 4.78 is 14.3. The van der Waals surface area contributed by atoms with Crippen molar-refractivity contribution in [3.8, 4) is 22.5 Å². The molecule has 12 nitrogen and oxygen atoms in total. The molecular formula is C50H49N7O5. The predicted molar refractivity (Wildman–Crippen MR) is 235 cm³/mol. The predicted octanol–water partition coefficient (Wildman–Crippen LogP) is 7.81. The number of imidazole rings is 1. The largest absolute Gasteiger partial charge is 0.467 e. The molecule has 1 aliphatic heterocycles. The molecule has 1 amide bonds. The Morgan fingerprint density at radius 2 is 1.35 bits per heavy atom. The van der Waals surface area contributed by atoms with Crippen molar-refractivity contribution >= 4 is 17.8 Å². The van der Waals surface area contributed by atoms with Gasteiger partial charge < -0.3 is 18.9 Å². The lowest BCUT2D eigenvalue weighted by Crippen LogP contribution is -2.50. The first-order valence-electron chi connectivity index (χ1n) is 21.1. The van der Waals surface area contributed by atoms with Crippen LogP contribution in [0.5, 0.6) is 0 Å². The number of esters is 2. The van der Waals surface area contributed by atoms with Gasteiger partial charge in [0.15, 0.2) is 5.82 Å². The van der Waals surface area contributed by atoms with Gasteiger partial charge in [-0.05, 0) is 57.2 Å². The molecule has 0 fully saturated rings. The van der Waals surface area contributed by atoms with Crippen LogP contribution in [0.3, 0.4) is 0 Å². The highest BCUT2D eigenvalue weighted by Crippen LogP contribution is 2.43. The summed E-state index contributed by atoms with van der Waals surface area (Å²) in [5, 5.41) is 13.8. The van der Waals surface area contributed by atoms with Crippen LogP contribution >= 0.6 is 0 Å². The van der Waals surface area contributed by atoms with Crippen molar-refractivity contribution in [1.82, 2.24) is 34.7 Å². The third-order valence-corrected chi connectivity index (χ3v) is 11.6. The lowest BCUT2D eigenvalue weighted by atomic mass is 9.77. The van der Waals surface area contributed by atoms with Crippen LogP contribution in [0.2, 0.25) is 0 Å². The first-order valence-corrected chi connectivity index (χ1v) is 21.1. The maximum atomic E-state index is 13.5. The maximum Gasteiger partial charge on any atom is 0.329 e. The highest BCUT2D eigenvalue weighted by atomic mass is 16.5. The van der Waals surface area contributed by atoms with E-state index in [4.69, 9.17) is 24.8 Å². The van der Waals surface area contributed by atoms with Crippen molar-refractivity contribution in [3.05, 3.63) is 179 Å². The number of amides is 1. The Hall–Kier alpha value is -7.21. The Balaban J connectivity index is 1.16. The second-order valence-corrected chi connectivity index (χ2v) is 15.3. The van der Waals surface area contributed by atoms with Crippen LogP contribution in [-0.2, 0) is 55.3 Å². The summed E-state index contributed by atoms with van der Waals surface area (Å²) in [6.07, 6.45) is 2.37. The highest BCUT2D eigenvalue weighted by molar-refractivity contribution is 5.96. The molecule has 2 aromatic heterocycles. The Kier molecular flexibility index (Phi) is 12.5. The van der Waals surface area contributed by atoms with Crippen LogP contribution < -0.4 is 0 Å². The minimum atomic E-state index is -0.908. The molecule has 1 atom stereocenters. The minimum absolute atomic E-state index is 0.114. The SMILES string of the molecule is CCCCc1nc2c(n1Cc1ccc(-c3ccccc3-c3nnnn3C(c3ccccc3)(c3ccccc3)c3ccccc3)cc1)CN(C(=O)CC(=O)OCC)C(C(=O)OC)C2. The average molecular weight is 828 g/mol. The van der Waals surface area contributed by atoms with Crippen molar-refractivity contribution in [3.63, 3.8) is 0 Å². The minimum Gasteiger partial charge on any atom is -0.467 e. The number of hydrogen-bond donors (Lipinski definition) is 0. The van der Waals surface area contributed by atoms with E-state index in [1.807, 2.05) is 71.4 Å². The number of ether oxygens (including phenoxy) is 2. The number of methoxy groups -OCH3 is 1. The lowest BCUT2D eigenvalue weighted by Gasteiger charge is -2.36. The van der Waals surface area contributed by atoms with Crippen molar-refractivity contribution in [1.29, 1.82) is 0 Å². The summed E-state index contributed by atoms with van der Waals surface area (Å²) in [7, 11) is 1.30. The molecule has 12 heteroatoms. The van der Waals surface area contributed by atoms with Gasteiger partial charge in [0.2, 0.25) is 5.91 Å². The first kappa shape index (κ1) is 41.5. The molecule has 0 radical (unpaired) electrons. The van der Waals surface area contributed by atoms with Gasteiger partial charge in [0, 0.05) is 24.9 Å². The number of carbonyl (C=O) groups excluding carboxylic acids is 3. The Morgan fingerprint density at radius 1 is 0.758 bits per heavy atom. The van der Waals surface area contributed by atoms with E-state index in [2.05, 4.69) is 89.5 Å². The van der Waals surface area contributed by atoms with Crippen molar-refractivity contribution < 1.29 is 23.9 Å². The van der Waals surface area contributed by atoms with Crippen molar-refractivity contribution in [2.24, 2.45) is 0 Å². The molecule has 0 aliphatic carbocycles. The number of carbonyl (C=O) groups is 3. The smallest absolute Gasteiger partial charge is 0.329 e. The molecular weight excluding hydrogens is 779 g/mol. The van der Waals surface area contributed by atoms with Gasteiger partial charge in [-0.2, -0.15) is 0 Å². The van der Waals surface area contributed by atoms with Crippen LogP contribution in [0.15, 0.2) is 140 Å². The molecule has 0 bridgehead atoms. The Bertz CT molecular complexity index is 2550. The van der Waals surface area contributed by atoms with E-state index >= 15 is 0 Å². The fraction of sp³-hybridized carbons (Fsp3) is 0.260. The Morgan fingerprint density at radius 3 is 1.94 bits per heavy atom. The topological polar surface area (TPSA) is 134 Å². The molecule has 1 aliphatic rings. The van der Waals surface area contributed by atoms with Gasteiger partial charge in [-0.1, -0.05) is 153 Å². The van der Waals surface area contributed by atoms with Crippen LogP contribution in [0.25, 0.3) is 22.5 Å². The lowest BCUT2D eigenvalue weighted by molar-refractivity contribution is -0.157. The zero-order chi connectivity index (χ0) is 43.1. The van der Waals surface area contributed by atoms with E-state index in [0.29, 0.717) is 12.4 Å². The number of fused-ring (bicyclic) bond motifs is 1. The molecule has 5 aromatic carbocycles. The molecule has 0 N–H and O–H groups in total.